The zero-order chi connectivity index (χ0) is 30.7. The lowest BCUT2D eigenvalue weighted by Gasteiger charge is -2.35. The first-order valence-electron chi connectivity index (χ1n) is 14.0. The Morgan fingerprint density at radius 3 is 2.23 bits per heavy atom. The molecular weight excluding hydrogens is 597 g/mol. The zero-order valence-electron chi connectivity index (χ0n) is 23.9. The number of anilines is 2. The van der Waals surface area contributed by atoms with Gasteiger partial charge in [0.05, 0.1) is 29.0 Å². The maximum atomic E-state index is 13.7. The average Bonchev–Trinajstić information content (AvgIpc) is 3.56. The number of aromatic hydroxyl groups is 1. The second kappa shape index (κ2) is 12.4. The molecule has 1 aliphatic rings. The molecule has 0 aliphatic carbocycles. The molecule has 5 aromatic rings. The van der Waals surface area contributed by atoms with E-state index in [0.29, 0.717) is 37.5 Å². The van der Waals surface area contributed by atoms with E-state index in [2.05, 4.69) is 9.62 Å². The summed E-state index contributed by atoms with van der Waals surface area (Å²) in [4.78, 5) is 22.2. The molecule has 9 nitrogen and oxygen atoms in total. The highest BCUT2D eigenvalue weighted by atomic mass is 32.2. The summed E-state index contributed by atoms with van der Waals surface area (Å²) in [7, 11) is -2.69. The summed E-state index contributed by atoms with van der Waals surface area (Å²) < 4.78 is 34.8. The van der Waals surface area contributed by atoms with Gasteiger partial charge >= 0.3 is 0 Å². The van der Waals surface area contributed by atoms with E-state index in [1.54, 1.807) is 34.4 Å². The molecule has 0 radical (unpaired) electrons. The Balaban J connectivity index is 1.18. The molecule has 224 valence electrons. The van der Waals surface area contributed by atoms with Gasteiger partial charge in [-0.1, -0.05) is 60.7 Å². The van der Waals surface area contributed by atoms with Crippen molar-refractivity contribution in [1.82, 2.24) is 9.88 Å². The van der Waals surface area contributed by atoms with Crippen LogP contribution in [0.15, 0.2) is 107 Å². The highest BCUT2D eigenvalue weighted by molar-refractivity contribution is 7.92. The van der Waals surface area contributed by atoms with E-state index in [-0.39, 0.29) is 27.8 Å². The van der Waals surface area contributed by atoms with E-state index >= 15 is 0 Å². The maximum absolute atomic E-state index is 13.7. The predicted octanol–water partition coefficient (Wildman–Crippen LogP) is 5.95. The van der Waals surface area contributed by atoms with Crippen molar-refractivity contribution >= 4 is 38.1 Å². The normalized spacial score (nSPS) is 13.5. The average molecular weight is 627 g/mol. The number of methoxy groups -OCH3 is 1. The number of nitrogens with zero attached hydrogens (tertiary/aromatic N) is 3. The van der Waals surface area contributed by atoms with Crippen LogP contribution in [-0.2, 0) is 10.0 Å². The van der Waals surface area contributed by atoms with Crippen LogP contribution in [0.3, 0.4) is 0 Å². The second-order valence-corrected chi connectivity index (χ2v) is 12.7. The summed E-state index contributed by atoms with van der Waals surface area (Å²) in [6, 6.07) is 28.0. The predicted molar refractivity (Wildman–Crippen MR) is 173 cm³/mol. The van der Waals surface area contributed by atoms with E-state index in [1.807, 2.05) is 66.0 Å². The van der Waals surface area contributed by atoms with Crippen molar-refractivity contribution in [3.8, 4) is 33.9 Å². The number of phenols is 1. The number of ether oxygens (including phenoxy) is 1. The van der Waals surface area contributed by atoms with Gasteiger partial charge in [-0.25, -0.2) is 13.4 Å². The van der Waals surface area contributed by atoms with Gasteiger partial charge in [0.15, 0.2) is 5.13 Å². The van der Waals surface area contributed by atoms with Crippen molar-refractivity contribution in [3.05, 3.63) is 108 Å². The Morgan fingerprint density at radius 2 is 1.57 bits per heavy atom. The van der Waals surface area contributed by atoms with Crippen LogP contribution in [0.1, 0.15) is 10.4 Å². The maximum Gasteiger partial charge on any atom is 0.262 e. The Bertz CT molecular complexity index is 1890. The summed E-state index contributed by atoms with van der Waals surface area (Å²) in [5, 5.41) is 13.6. The number of nitrogens with one attached hydrogen (secondary N) is 1. The second-order valence-electron chi connectivity index (χ2n) is 10.2. The van der Waals surface area contributed by atoms with Crippen LogP contribution in [0.2, 0.25) is 0 Å². The minimum absolute atomic E-state index is 0.0934. The molecule has 1 aliphatic heterocycles. The van der Waals surface area contributed by atoms with Gasteiger partial charge in [0.2, 0.25) is 0 Å². The highest BCUT2D eigenvalue weighted by Crippen LogP contribution is 2.33. The fourth-order valence-corrected chi connectivity index (χ4v) is 7.07. The molecule has 0 bridgehead atoms. The van der Waals surface area contributed by atoms with Gasteiger partial charge in [0, 0.05) is 54.8 Å². The van der Waals surface area contributed by atoms with Gasteiger partial charge in [-0.05, 0) is 29.8 Å². The number of benzene rings is 4. The zero-order valence-corrected chi connectivity index (χ0v) is 25.5. The van der Waals surface area contributed by atoms with E-state index < -0.39 is 10.0 Å². The molecule has 6 rings (SSSR count). The third-order valence-corrected chi connectivity index (χ3v) is 9.73. The van der Waals surface area contributed by atoms with E-state index in [1.165, 1.54) is 25.3 Å². The minimum atomic E-state index is -4.16. The van der Waals surface area contributed by atoms with Crippen molar-refractivity contribution in [2.75, 3.05) is 42.9 Å². The molecule has 0 spiro atoms. The van der Waals surface area contributed by atoms with Crippen molar-refractivity contribution in [2.24, 2.45) is 0 Å². The van der Waals surface area contributed by atoms with Crippen LogP contribution in [0.4, 0.5) is 10.8 Å². The number of thiazole rings is 1. The molecular formula is C33H30N4O5S2. The minimum Gasteiger partial charge on any atom is -0.507 e. The molecule has 2 N–H and O–H groups in total. The van der Waals surface area contributed by atoms with Crippen molar-refractivity contribution in [1.29, 1.82) is 0 Å². The van der Waals surface area contributed by atoms with E-state index in [9.17, 15) is 18.3 Å². The third-order valence-electron chi connectivity index (χ3n) is 7.46. The number of carbonyl (C=O) groups is 1. The molecule has 1 fully saturated rings. The standard InChI is InChI=1S/C33H30N4O5S2/c1-42-25-12-14-28(29(20-25)35-44(40,41)26-13-15-27(31(38)21-26)23-8-4-2-5-9-23)32(39)36-16-18-37(19-17-36)33-34-30(22-43-33)24-10-6-3-7-11-24/h2-15,20-22,35,38H,16-19H2,1H3. The summed E-state index contributed by atoms with van der Waals surface area (Å²) >= 11 is 1.57. The number of piperazine rings is 1. The number of sulfonamides is 1. The Kier molecular flexibility index (Phi) is 8.23. The van der Waals surface area contributed by atoms with E-state index in [0.717, 1.165) is 22.0 Å². The lowest BCUT2D eigenvalue weighted by molar-refractivity contribution is 0.0748. The molecule has 0 saturated carbocycles. The van der Waals surface area contributed by atoms with Gasteiger partial charge in [0.25, 0.3) is 15.9 Å². The molecule has 4 aromatic carbocycles. The molecule has 0 unspecified atom stereocenters. The fraction of sp³-hybridized carbons (Fsp3) is 0.152. The Hall–Kier alpha value is -4.87. The largest absolute Gasteiger partial charge is 0.507 e. The lowest BCUT2D eigenvalue weighted by atomic mass is 10.1. The van der Waals surface area contributed by atoms with Crippen LogP contribution in [0.5, 0.6) is 11.5 Å². The number of phenolic OH excluding ortho intramolecular Hbond substituents is 1. The quantitative estimate of drug-likeness (QED) is 0.219. The first-order chi connectivity index (χ1) is 21.3. The van der Waals surface area contributed by atoms with Crippen LogP contribution in [-0.4, -0.2) is 62.6 Å². The van der Waals surface area contributed by atoms with Crippen molar-refractivity contribution < 1.29 is 23.1 Å². The lowest BCUT2D eigenvalue weighted by Crippen LogP contribution is -2.49. The van der Waals surface area contributed by atoms with Gasteiger partial charge in [-0.15, -0.1) is 11.3 Å². The number of hydrogen-bond donors (Lipinski definition) is 2. The van der Waals surface area contributed by atoms with Gasteiger partial charge in [-0.3, -0.25) is 9.52 Å². The fourth-order valence-electron chi connectivity index (χ4n) is 5.09. The topological polar surface area (TPSA) is 112 Å². The SMILES string of the molecule is COc1ccc(C(=O)N2CCN(c3nc(-c4ccccc4)cs3)CC2)c(NS(=O)(=O)c2ccc(-c3ccccc3)c(O)c2)c1. The van der Waals surface area contributed by atoms with Crippen LogP contribution < -0.4 is 14.4 Å². The summed E-state index contributed by atoms with van der Waals surface area (Å²) in [6.07, 6.45) is 0. The molecule has 1 aromatic heterocycles. The molecule has 11 heteroatoms. The number of rotatable bonds is 8. The van der Waals surface area contributed by atoms with Crippen molar-refractivity contribution in [3.63, 3.8) is 0 Å². The van der Waals surface area contributed by atoms with Crippen LogP contribution in [0.25, 0.3) is 22.4 Å². The summed E-state index contributed by atoms with van der Waals surface area (Å²) in [5.74, 6) is -0.0734. The molecule has 44 heavy (non-hydrogen) atoms. The van der Waals surface area contributed by atoms with Crippen LogP contribution >= 0.6 is 11.3 Å². The number of hydrogen-bond acceptors (Lipinski definition) is 8. The number of carbonyl (C=O) groups excluding carboxylic acids is 1. The Labute approximate surface area is 260 Å². The molecule has 1 amide bonds. The Morgan fingerprint density at radius 1 is 0.886 bits per heavy atom. The first kappa shape index (κ1) is 29.2. The first-order valence-corrected chi connectivity index (χ1v) is 16.3. The van der Waals surface area contributed by atoms with Crippen molar-refractivity contribution in [2.45, 2.75) is 4.90 Å². The summed E-state index contributed by atoms with van der Waals surface area (Å²) in [5.41, 5.74) is 3.54. The van der Waals surface area contributed by atoms with E-state index in [4.69, 9.17) is 9.72 Å². The molecule has 1 saturated heterocycles. The number of amides is 1. The van der Waals surface area contributed by atoms with Gasteiger partial charge < -0.3 is 19.6 Å². The smallest absolute Gasteiger partial charge is 0.262 e. The third kappa shape index (κ3) is 6.10. The highest BCUT2D eigenvalue weighted by Gasteiger charge is 2.27. The number of aromatic nitrogens is 1. The van der Waals surface area contributed by atoms with Gasteiger partial charge in [-0.2, -0.15) is 0 Å². The molecule has 2 heterocycles. The van der Waals surface area contributed by atoms with Gasteiger partial charge in [0.1, 0.15) is 11.5 Å². The van der Waals surface area contributed by atoms with Crippen LogP contribution in [0, 0.1) is 0 Å². The molecule has 0 atom stereocenters. The summed E-state index contributed by atoms with van der Waals surface area (Å²) in [6.45, 7) is 2.09. The monoisotopic (exact) mass is 626 g/mol.